The molecule has 2 heterocycles. The molecule has 5 heteroatoms. The fraction of sp³-hybridized carbons (Fsp3) is 0.353. The molecule has 22 heavy (non-hydrogen) atoms. The standard InChI is InChI=1S/C17H20ClN3O/c1-14(17-7-4-12-22-17)19-21-10-8-20(9-11-21)13-15-5-2-3-6-16(15)18/h2-7,12H,8-11,13H2,1H3. The lowest BCUT2D eigenvalue weighted by Gasteiger charge is -2.33. The Kier molecular flexibility index (Phi) is 4.80. The van der Waals surface area contributed by atoms with Crippen LogP contribution in [0.3, 0.4) is 0 Å². The van der Waals surface area contributed by atoms with Gasteiger partial charge in [-0.15, -0.1) is 0 Å². The molecule has 1 aromatic heterocycles. The van der Waals surface area contributed by atoms with Crippen molar-refractivity contribution in [2.45, 2.75) is 13.5 Å². The summed E-state index contributed by atoms with van der Waals surface area (Å²) in [5, 5.41) is 7.60. The van der Waals surface area contributed by atoms with E-state index in [9.17, 15) is 0 Å². The van der Waals surface area contributed by atoms with E-state index in [4.69, 9.17) is 16.0 Å². The van der Waals surface area contributed by atoms with Crippen LogP contribution in [-0.2, 0) is 6.54 Å². The summed E-state index contributed by atoms with van der Waals surface area (Å²) >= 11 is 6.23. The molecule has 0 bridgehead atoms. The first-order valence-corrected chi connectivity index (χ1v) is 7.90. The molecule has 0 saturated carbocycles. The number of hydrogen-bond donors (Lipinski definition) is 0. The van der Waals surface area contributed by atoms with Gasteiger partial charge in [-0.1, -0.05) is 29.8 Å². The number of benzene rings is 1. The number of nitrogens with zero attached hydrogens (tertiary/aromatic N) is 3. The molecule has 3 rings (SSSR count). The van der Waals surface area contributed by atoms with Crippen molar-refractivity contribution in [3.05, 3.63) is 59.0 Å². The summed E-state index contributed by atoms with van der Waals surface area (Å²) in [6, 6.07) is 11.9. The van der Waals surface area contributed by atoms with Gasteiger partial charge < -0.3 is 4.42 Å². The minimum atomic E-state index is 0.832. The molecule has 0 aliphatic carbocycles. The molecule has 0 radical (unpaired) electrons. The molecule has 1 aliphatic heterocycles. The molecular weight excluding hydrogens is 298 g/mol. The SMILES string of the molecule is CC(=NN1CCN(Cc2ccccc2Cl)CC1)c1ccco1. The van der Waals surface area contributed by atoms with Crippen LogP contribution in [0.2, 0.25) is 5.02 Å². The number of halogens is 1. The van der Waals surface area contributed by atoms with E-state index in [0.29, 0.717) is 0 Å². The lowest BCUT2D eigenvalue weighted by molar-refractivity contribution is 0.130. The normalized spacial score (nSPS) is 17.0. The minimum Gasteiger partial charge on any atom is -0.463 e. The first-order chi connectivity index (χ1) is 10.7. The Morgan fingerprint density at radius 3 is 2.59 bits per heavy atom. The average Bonchev–Trinajstić information content (AvgIpc) is 3.06. The van der Waals surface area contributed by atoms with Crippen LogP contribution in [0.5, 0.6) is 0 Å². The Morgan fingerprint density at radius 1 is 1.14 bits per heavy atom. The van der Waals surface area contributed by atoms with Crippen LogP contribution in [0, 0.1) is 0 Å². The molecule has 116 valence electrons. The monoisotopic (exact) mass is 317 g/mol. The third-order valence-electron chi connectivity index (χ3n) is 3.87. The molecule has 1 fully saturated rings. The van der Waals surface area contributed by atoms with Crippen LogP contribution in [0.4, 0.5) is 0 Å². The van der Waals surface area contributed by atoms with Crippen LogP contribution < -0.4 is 0 Å². The summed E-state index contributed by atoms with van der Waals surface area (Å²) in [5.41, 5.74) is 2.11. The van der Waals surface area contributed by atoms with E-state index < -0.39 is 0 Å². The lowest BCUT2D eigenvalue weighted by atomic mass is 10.2. The Bertz CT molecular complexity index is 631. The molecule has 0 amide bonds. The number of piperazine rings is 1. The van der Waals surface area contributed by atoms with Crippen molar-refractivity contribution in [3.63, 3.8) is 0 Å². The van der Waals surface area contributed by atoms with Crippen molar-refractivity contribution in [2.24, 2.45) is 5.10 Å². The van der Waals surface area contributed by atoms with Crippen molar-refractivity contribution in [1.82, 2.24) is 9.91 Å². The van der Waals surface area contributed by atoms with Gasteiger partial charge >= 0.3 is 0 Å². The predicted molar refractivity (Wildman–Crippen MR) is 89.2 cm³/mol. The third-order valence-corrected chi connectivity index (χ3v) is 4.24. The molecule has 1 aromatic carbocycles. The lowest BCUT2D eigenvalue weighted by Crippen LogP contribution is -2.43. The van der Waals surface area contributed by atoms with Gasteiger partial charge in [-0.25, -0.2) is 0 Å². The van der Waals surface area contributed by atoms with E-state index in [2.05, 4.69) is 21.1 Å². The summed E-state index contributed by atoms with van der Waals surface area (Å²) in [7, 11) is 0. The summed E-state index contributed by atoms with van der Waals surface area (Å²) in [4.78, 5) is 2.41. The summed E-state index contributed by atoms with van der Waals surface area (Å²) in [6.07, 6.45) is 1.68. The molecule has 4 nitrogen and oxygen atoms in total. The maximum Gasteiger partial charge on any atom is 0.149 e. The Balaban J connectivity index is 1.54. The second-order valence-electron chi connectivity index (χ2n) is 5.48. The second-order valence-corrected chi connectivity index (χ2v) is 5.89. The Labute approximate surface area is 136 Å². The zero-order chi connectivity index (χ0) is 15.4. The van der Waals surface area contributed by atoms with Gasteiger partial charge in [-0.05, 0) is 30.7 Å². The van der Waals surface area contributed by atoms with Gasteiger partial charge in [0.05, 0.1) is 12.0 Å². The molecule has 1 aliphatic rings. The van der Waals surface area contributed by atoms with E-state index >= 15 is 0 Å². The zero-order valence-electron chi connectivity index (χ0n) is 12.7. The van der Waals surface area contributed by atoms with Crippen LogP contribution in [0.25, 0.3) is 0 Å². The maximum atomic E-state index is 6.23. The van der Waals surface area contributed by atoms with Crippen LogP contribution >= 0.6 is 11.6 Å². The zero-order valence-corrected chi connectivity index (χ0v) is 13.5. The van der Waals surface area contributed by atoms with Crippen LogP contribution in [0.15, 0.2) is 52.2 Å². The van der Waals surface area contributed by atoms with Gasteiger partial charge in [0.1, 0.15) is 5.76 Å². The molecule has 2 aromatic rings. The van der Waals surface area contributed by atoms with Crippen molar-refractivity contribution in [1.29, 1.82) is 0 Å². The van der Waals surface area contributed by atoms with E-state index in [1.54, 1.807) is 6.26 Å². The molecule has 0 N–H and O–H groups in total. The van der Waals surface area contributed by atoms with E-state index in [-0.39, 0.29) is 0 Å². The van der Waals surface area contributed by atoms with Gasteiger partial charge in [0, 0.05) is 37.7 Å². The highest BCUT2D eigenvalue weighted by Crippen LogP contribution is 2.18. The summed E-state index contributed by atoms with van der Waals surface area (Å²) in [5.74, 6) is 0.832. The van der Waals surface area contributed by atoms with Crippen molar-refractivity contribution in [3.8, 4) is 0 Å². The number of hydrogen-bond acceptors (Lipinski definition) is 4. The summed E-state index contributed by atoms with van der Waals surface area (Å²) < 4.78 is 5.37. The summed E-state index contributed by atoms with van der Waals surface area (Å²) in [6.45, 7) is 6.69. The topological polar surface area (TPSA) is 32.0 Å². The third kappa shape index (κ3) is 3.70. The smallest absolute Gasteiger partial charge is 0.149 e. The van der Waals surface area contributed by atoms with Gasteiger partial charge in [-0.2, -0.15) is 5.10 Å². The Morgan fingerprint density at radius 2 is 1.91 bits per heavy atom. The number of rotatable bonds is 4. The van der Waals surface area contributed by atoms with Gasteiger partial charge in [-0.3, -0.25) is 9.91 Å². The quantitative estimate of drug-likeness (QED) is 0.809. The van der Waals surface area contributed by atoms with Gasteiger partial charge in [0.25, 0.3) is 0 Å². The molecule has 1 saturated heterocycles. The van der Waals surface area contributed by atoms with Crippen LogP contribution in [-0.4, -0.2) is 41.8 Å². The highest BCUT2D eigenvalue weighted by molar-refractivity contribution is 6.31. The first-order valence-electron chi connectivity index (χ1n) is 7.52. The highest BCUT2D eigenvalue weighted by Gasteiger charge is 2.17. The van der Waals surface area contributed by atoms with Crippen molar-refractivity contribution >= 4 is 17.3 Å². The maximum absolute atomic E-state index is 6.23. The fourth-order valence-electron chi connectivity index (χ4n) is 2.61. The van der Waals surface area contributed by atoms with Gasteiger partial charge in [0.2, 0.25) is 0 Å². The second kappa shape index (κ2) is 6.99. The van der Waals surface area contributed by atoms with E-state index in [1.165, 1.54) is 5.56 Å². The Hall–Kier alpha value is -1.78. The van der Waals surface area contributed by atoms with E-state index in [1.807, 2.05) is 37.3 Å². The van der Waals surface area contributed by atoms with Crippen molar-refractivity contribution in [2.75, 3.05) is 26.2 Å². The van der Waals surface area contributed by atoms with Crippen molar-refractivity contribution < 1.29 is 4.42 Å². The molecular formula is C17H20ClN3O. The fourth-order valence-corrected chi connectivity index (χ4v) is 2.80. The molecule has 0 spiro atoms. The highest BCUT2D eigenvalue weighted by atomic mass is 35.5. The molecule has 0 unspecified atom stereocenters. The van der Waals surface area contributed by atoms with Crippen LogP contribution in [0.1, 0.15) is 18.2 Å². The average molecular weight is 318 g/mol. The number of hydrazone groups is 1. The predicted octanol–water partition coefficient (Wildman–Crippen LogP) is 3.47. The molecule has 0 atom stereocenters. The largest absolute Gasteiger partial charge is 0.463 e. The van der Waals surface area contributed by atoms with E-state index in [0.717, 1.165) is 49.2 Å². The van der Waals surface area contributed by atoms with Gasteiger partial charge in [0.15, 0.2) is 0 Å². The minimum absolute atomic E-state index is 0.832. The number of furan rings is 1. The first kappa shape index (κ1) is 15.1.